The molecule has 2 aromatic carbocycles. The second-order valence-electron chi connectivity index (χ2n) is 10.6. The van der Waals surface area contributed by atoms with Crippen molar-refractivity contribution in [1.82, 2.24) is 9.97 Å². The van der Waals surface area contributed by atoms with Gasteiger partial charge in [-0.05, 0) is 56.5 Å². The zero-order chi connectivity index (χ0) is 26.6. The number of aliphatic hydroxyl groups is 1. The number of hydrogen-bond donors (Lipinski definition) is 2. The van der Waals surface area contributed by atoms with Crippen molar-refractivity contribution in [2.24, 2.45) is 0 Å². The number of halogens is 3. The number of carbonyl (C=O) groups excluding carboxylic acids is 1. The van der Waals surface area contributed by atoms with Gasteiger partial charge in [0.2, 0.25) is 5.91 Å². The van der Waals surface area contributed by atoms with Crippen LogP contribution < -0.4 is 10.2 Å². The van der Waals surface area contributed by atoms with Gasteiger partial charge in [-0.1, -0.05) is 26.0 Å². The predicted molar refractivity (Wildman–Crippen MR) is 134 cm³/mol. The molecule has 1 aliphatic rings. The number of carbonyl (C=O) groups is 1. The Morgan fingerprint density at radius 2 is 1.89 bits per heavy atom. The third kappa shape index (κ3) is 4.40. The van der Waals surface area contributed by atoms with E-state index < -0.39 is 22.9 Å². The largest absolute Gasteiger partial charge is 0.384 e. The molecule has 6 nitrogen and oxygen atoms in total. The number of amides is 1. The molecule has 0 spiro atoms. The Labute approximate surface area is 208 Å². The summed E-state index contributed by atoms with van der Waals surface area (Å²) in [4.78, 5) is 23.3. The fourth-order valence-electron chi connectivity index (χ4n) is 4.62. The number of fused-ring (bicyclic) bond motifs is 2. The molecule has 0 atom stereocenters. The van der Waals surface area contributed by atoms with Gasteiger partial charge in [0.15, 0.2) is 0 Å². The second-order valence-corrected chi connectivity index (χ2v) is 10.6. The Balaban J connectivity index is 1.65. The van der Waals surface area contributed by atoms with Crippen molar-refractivity contribution in [2.75, 3.05) is 23.8 Å². The summed E-state index contributed by atoms with van der Waals surface area (Å²) >= 11 is 0. The summed E-state index contributed by atoms with van der Waals surface area (Å²) in [6.07, 6.45) is 0.511. The summed E-state index contributed by atoms with van der Waals surface area (Å²) in [6, 6.07) is 7.67. The molecule has 4 rings (SSSR count). The summed E-state index contributed by atoms with van der Waals surface area (Å²) in [6.45, 7) is 7.95. The van der Waals surface area contributed by atoms with Gasteiger partial charge >= 0.3 is 5.92 Å². The van der Waals surface area contributed by atoms with Gasteiger partial charge < -0.3 is 15.3 Å². The number of alkyl halides is 2. The van der Waals surface area contributed by atoms with Crippen LogP contribution in [0.3, 0.4) is 0 Å². The first-order valence-electron chi connectivity index (χ1n) is 11.8. The van der Waals surface area contributed by atoms with Crippen LogP contribution in [0.1, 0.15) is 56.6 Å². The molecule has 0 radical (unpaired) electrons. The maximum Gasteiger partial charge on any atom is 0.303 e. The Kier molecular flexibility index (Phi) is 6.27. The first kappa shape index (κ1) is 25.9. The average molecular weight is 501 g/mol. The SMILES string of the molecule is Cc1nc(NCCc2cccc(C(F)(F)C(C)(C)O)c2F)c2cc3c(cc2n1)C(C)(C)CC(=O)N3C. The highest BCUT2D eigenvalue weighted by molar-refractivity contribution is 6.02. The lowest BCUT2D eigenvalue weighted by atomic mass is 9.77. The van der Waals surface area contributed by atoms with Crippen LogP contribution in [0.25, 0.3) is 10.9 Å². The van der Waals surface area contributed by atoms with Crippen LogP contribution in [0, 0.1) is 12.7 Å². The predicted octanol–water partition coefficient (Wildman–Crippen LogP) is 5.24. The number of nitrogens with zero attached hydrogens (tertiary/aromatic N) is 3. The molecule has 2 heterocycles. The fraction of sp³-hybridized carbons (Fsp3) is 0.444. The van der Waals surface area contributed by atoms with E-state index in [-0.39, 0.29) is 29.9 Å². The Bertz CT molecular complexity index is 1350. The molecular weight excluding hydrogens is 469 g/mol. The van der Waals surface area contributed by atoms with E-state index >= 15 is 4.39 Å². The summed E-state index contributed by atoms with van der Waals surface area (Å²) in [5, 5.41) is 13.7. The number of aryl methyl sites for hydroxylation is 1. The number of anilines is 2. The highest BCUT2D eigenvalue weighted by Gasteiger charge is 2.49. The standard InChI is InChI=1S/C27H31F3N4O2/c1-15-32-20-13-19-21(34(6)22(35)14-25(19,2)3)12-17(20)24(33-15)31-11-10-16-8-7-9-18(23(16)28)27(29,30)26(4,5)36/h7-9,12-13,36H,10-11,14H2,1-6H3,(H,31,32,33). The monoisotopic (exact) mass is 500 g/mol. The molecule has 0 bridgehead atoms. The lowest BCUT2D eigenvalue weighted by Gasteiger charge is -2.37. The molecule has 0 aliphatic carbocycles. The van der Waals surface area contributed by atoms with Gasteiger partial charge in [-0.2, -0.15) is 8.78 Å². The third-order valence-corrected chi connectivity index (χ3v) is 6.85. The maximum atomic E-state index is 15.0. The summed E-state index contributed by atoms with van der Waals surface area (Å²) in [5.74, 6) is -3.71. The van der Waals surface area contributed by atoms with E-state index in [1.165, 1.54) is 12.1 Å². The van der Waals surface area contributed by atoms with E-state index in [4.69, 9.17) is 0 Å². The molecule has 192 valence electrons. The van der Waals surface area contributed by atoms with Crippen LogP contribution in [0.2, 0.25) is 0 Å². The molecule has 3 aromatic rings. The van der Waals surface area contributed by atoms with Crippen molar-refractivity contribution in [2.45, 2.75) is 64.4 Å². The number of nitrogens with one attached hydrogen (secondary N) is 1. The third-order valence-electron chi connectivity index (χ3n) is 6.85. The fourth-order valence-corrected chi connectivity index (χ4v) is 4.62. The minimum atomic E-state index is -3.75. The van der Waals surface area contributed by atoms with Crippen molar-refractivity contribution in [3.8, 4) is 0 Å². The minimum Gasteiger partial charge on any atom is -0.384 e. The molecule has 1 aliphatic heterocycles. The van der Waals surface area contributed by atoms with Crippen LogP contribution in [-0.4, -0.2) is 40.2 Å². The average Bonchev–Trinajstić information content (AvgIpc) is 2.76. The van der Waals surface area contributed by atoms with E-state index in [1.807, 2.05) is 26.0 Å². The lowest BCUT2D eigenvalue weighted by Crippen LogP contribution is -2.41. The number of aromatic nitrogens is 2. The zero-order valence-electron chi connectivity index (χ0n) is 21.3. The van der Waals surface area contributed by atoms with Crippen LogP contribution in [0.15, 0.2) is 30.3 Å². The molecule has 0 saturated heterocycles. The molecule has 36 heavy (non-hydrogen) atoms. The normalized spacial score (nSPS) is 15.8. The summed E-state index contributed by atoms with van der Waals surface area (Å²) < 4.78 is 44.2. The van der Waals surface area contributed by atoms with E-state index in [0.717, 1.165) is 36.7 Å². The van der Waals surface area contributed by atoms with Gasteiger partial charge in [0.1, 0.15) is 23.1 Å². The van der Waals surface area contributed by atoms with Gasteiger partial charge in [-0.3, -0.25) is 4.79 Å². The summed E-state index contributed by atoms with van der Waals surface area (Å²) in [5.41, 5.74) is -0.962. The quantitative estimate of drug-likeness (QED) is 0.484. The van der Waals surface area contributed by atoms with Crippen molar-refractivity contribution < 1.29 is 23.1 Å². The van der Waals surface area contributed by atoms with Crippen LogP contribution in [-0.2, 0) is 22.6 Å². The molecule has 2 N–H and O–H groups in total. The van der Waals surface area contributed by atoms with Gasteiger partial charge in [0, 0.05) is 36.5 Å². The van der Waals surface area contributed by atoms with Crippen molar-refractivity contribution in [1.29, 1.82) is 0 Å². The molecule has 0 fully saturated rings. The zero-order valence-corrected chi connectivity index (χ0v) is 21.3. The highest BCUT2D eigenvalue weighted by Crippen LogP contribution is 2.43. The van der Waals surface area contributed by atoms with Crippen molar-refractivity contribution >= 4 is 28.3 Å². The number of benzene rings is 2. The van der Waals surface area contributed by atoms with Crippen molar-refractivity contribution in [3.63, 3.8) is 0 Å². The van der Waals surface area contributed by atoms with Gasteiger partial charge in [0.05, 0.1) is 11.1 Å². The Morgan fingerprint density at radius 3 is 2.56 bits per heavy atom. The van der Waals surface area contributed by atoms with Gasteiger partial charge in [-0.25, -0.2) is 14.4 Å². The molecule has 1 amide bonds. The van der Waals surface area contributed by atoms with Crippen LogP contribution >= 0.6 is 0 Å². The topological polar surface area (TPSA) is 78.4 Å². The van der Waals surface area contributed by atoms with E-state index in [9.17, 15) is 18.7 Å². The van der Waals surface area contributed by atoms with Crippen LogP contribution in [0.5, 0.6) is 0 Å². The van der Waals surface area contributed by atoms with Crippen molar-refractivity contribution in [3.05, 3.63) is 58.7 Å². The van der Waals surface area contributed by atoms with E-state index in [0.29, 0.717) is 23.4 Å². The molecule has 0 saturated carbocycles. The molecular formula is C27H31F3N4O2. The molecule has 1 aromatic heterocycles. The van der Waals surface area contributed by atoms with Gasteiger partial charge in [-0.15, -0.1) is 0 Å². The number of rotatable bonds is 6. The van der Waals surface area contributed by atoms with Crippen LogP contribution in [0.4, 0.5) is 24.7 Å². The smallest absolute Gasteiger partial charge is 0.303 e. The molecule has 0 unspecified atom stereocenters. The first-order chi connectivity index (χ1) is 16.6. The second kappa shape index (κ2) is 8.73. The van der Waals surface area contributed by atoms with E-state index in [2.05, 4.69) is 15.3 Å². The lowest BCUT2D eigenvalue weighted by molar-refractivity contribution is -0.170. The first-order valence-corrected chi connectivity index (χ1v) is 11.8. The highest BCUT2D eigenvalue weighted by atomic mass is 19.3. The van der Waals surface area contributed by atoms with Gasteiger partial charge in [0.25, 0.3) is 0 Å². The maximum absolute atomic E-state index is 15.0. The minimum absolute atomic E-state index is 0.0209. The van der Waals surface area contributed by atoms with E-state index in [1.54, 1.807) is 18.9 Å². The Morgan fingerprint density at radius 1 is 1.19 bits per heavy atom. The molecule has 9 heteroatoms. The Hall–Kier alpha value is -3.20. The summed E-state index contributed by atoms with van der Waals surface area (Å²) in [7, 11) is 1.74. The number of hydrogen-bond acceptors (Lipinski definition) is 5.